The minimum atomic E-state index is 0.0703. The second-order valence-corrected chi connectivity index (χ2v) is 3.73. The monoisotopic (exact) mass is 221 g/mol. The molecule has 0 atom stereocenters. The summed E-state index contributed by atoms with van der Waals surface area (Å²) >= 11 is 0. The molecule has 0 unspecified atom stereocenters. The van der Waals surface area contributed by atoms with Crippen molar-refractivity contribution in [2.75, 3.05) is 18.8 Å². The van der Waals surface area contributed by atoms with Crippen LogP contribution in [0.15, 0.2) is 24.3 Å². The lowest BCUT2D eigenvalue weighted by Crippen LogP contribution is -2.25. The molecule has 1 aromatic rings. The number of amides is 1. The third kappa shape index (κ3) is 4.79. The standard InChI is InChI=1S/C12H19N3O/c13-8-1-2-12(16)15-9-7-10-3-5-11(14)6-4-10/h3-6H,1-2,7-9,13-14H2,(H,15,16). The van der Waals surface area contributed by atoms with Crippen molar-refractivity contribution in [2.45, 2.75) is 19.3 Å². The molecule has 4 heteroatoms. The van der Waals surface area contributed by atoms with Crippen molar-refractivity contribution in [1.29, 1.82) is 0 Å². The first-order valence-corrected chi connectivity index (χ1v) is 5.53. The molecule has 0 aliphatic carbocycles. The van der Waals surface area contributed by atoms with E-state index >= 15 is 0 Å². The smallest absolute Gasteiger partial charge is 0.220 e. The van der Waals surface area contributed by atoms with E-state index < -0.39 is 0 Å². The summed E-state index contributed by atoms with van der Waals surface area (Å²) in [5.41, 5.74) is 12.8. The summed E-state index contributed by atoms with van der Waals surface area (Å²) in [6, 6.07) is 7.68. The third-order valence-corrected chi connectivity index (χ3v) is 2.32. The Balaban J connectivity index is 2.20. The minimum Gasteiger partial charge on any atom is -0.399 e. The number of anilines is 1. The Labute approximate surface area is 96.0 Å². The van der Waals surface area contributed by atoms with E-state index in [1.165, 1.54) is 5.56 Å². The molecule has 0 saturated heterocycles. The largest absolute Gasteiger partial charge is 0.399 e. The van der Waals surface area contributed by atoms with Crippen molar-refractivity contribution in [3.8, 4) is 0 Å². The normalized spacial score (nSPS) is 10.1. The van der Waals surface area contributed by atoms with Gasteiger partial charge in [-0.05, 0) is 37.1 Å². The fraction of sp³-hybridized carbons (Fsp3) is 0.417. The van der Waals surface area contributed by atoms with Crippen LogP contribution in [0.3, 0.4) is 0 Å². The molecule has 5 N–H and O–H groups in total. The van der Waals surface area contributed by atoms with Crippen LogP contribution in [0.1, 0.15) is 18.4 Å². The average Bonchev–Trinajstić information content (AvgIpc) is 2.29. The van der Waals surface area contributed by atoms with Crippen molar-refractivity contribution >= 4 is 11.6 Å². The molecular weight excluding hydrogens is 202 g/mol. The van der Waals surface area contributed by atoms with Gasteiger partial charge in [0.05, 0.1) is 0 Å². The first kappa shape index (κ1) is 12.5. The first-order valence-electron chi connectivity index (χ1n) is 5.53. The van der Waals surface area contributed by atoms with E-state index in [1.54, 1.807) is 0 Å². The summed E-state index contributed by atoms with van der Waals surface area (Å²) < 4.78 is 0. The Kier molecular flexibility index (Phi) is 5.36. The topological polar surface area (TPSA) is 81.1 Å². The van der Waals surface area contributed by atoms with Gasteiger partial charge in [0.15, 0.2) is 0 Å². The molecule has 16 heavy (non-hydrogen) atoms. The van der Waals surface area contributed by atoms with Crippen LogP contribution in [-0.2, 0) is 11.2 Å². The molecule has 1 rings (SSSR count). The van der Waals surface area contributed by atoms with E-state index in [0.717, 1.165) is 18.5 Å². The number of nitrogen functional groups attached to an aromatic ring is 1. The molecule has 0 aliphatic rings. The van der Waals surface area contributed by atoms with Gasteiger partial charge in [0, 0.05) is 18.7 Å². The SMILES string of the molecule is NCCCC(=O)NCCc1ccc(N)cc1. The van der Waals surface area contributed by atoms with Gasteiger partial charge in [-0.1, -0.05) is 12.1 Å². The molecule has 1 aromatic carbocycles. The average molecular weight is 221 g/mol. The number of carbonyl (C=O) groups excluding carboxylic acids is 1. The molecule has 0 bridgehead atoms. The van der Waals surface area contributed by atoms with E-state index in [4.69, 9.17) is 11.5 Å². The predicted molar refractivity (Wildman–Crippen MR) is 65.9 cm³/mol. The second-order valence-electron chi connectivity index (χ2n) is 3.73. The number of hydrogen-bond donors (Lipinski definition) is 3. The lowest BCUT2D eigenvalue weighted by molar-refractivity contribution is -0.121. The Morgan fingerprint density at radius 2 is 1.94 bits per heavy atom. The number of carbonyl (C=O) groups is 1. The van der Waals surface area contributed by atoms with Crippen LogP contribution in [-0.4, -0.2) is 19.0 Å². The zero-order chi connectivity index (χ0) is 11.8. The summed E-state index contributed by atoms with van der Waals surface area (Å²) in [4.78, 5) is 11.3. The fourth-order valence-electron chi connectivity index (χ4n) is 1.38. The molecule has 0 fully saturated rings. The molecular formula is C12H19N3O. The third-order valence-electron chi connectivity index (χ3n) is 2.32. The maximum atomic E-state index is 11.3. The molecule has 0 aliphatic heterocycles. The molecule has 4 nitrogen and oxygen atoms in total. The molecule has 0 heterocycles. The van der Waals surface area contributed by atoms with Crippen LogP contribution < -0.4 is 16.8 Å². The summed E-state index contributed by atoms with van der Waals surface area (Å²) in [5.74, 6) is 0.0703. The van der Waals surface area contributed by atoms with Crippen LogP contribution in [0.5, 0.6) is 0 Å². The maximum absolute atomic E-state index is 11.3. The molecule has 0 saturated carbocycles. The van der Waals surface area contributed by atoms with Crippen molar-refractivity contribution in [3.05, 3.63) is 29.8 Å². The van der Waals surface area contributed by atoms with Crippen molar-refractivity contribution < 1.29 is 4.79 Å². The first-order chi connectivity index (χ1) is 7.72. The highest BCUT2D eigenvalue weighted by molar-refractivity contribution is 5.75. The molecule has 0 radical (unpaired) electrons. The number of nitrogens with one attached hydrogen (secondary N) is 1. The van der Waals surface area contributed by atoms with Crippen LogP contribution in [0.25, 0.3) is 0 Å². The van der Waals surface area contributed by atoms with Crippen LogP contribution in [0.4, 0.5) is 5.69 Å². The second kappa shape index (κ2) is 6.85. The van der Waals surface area contributed by atoms with Gasteiger partial charge in [-0.25, -0.2) is 0 Å². The van der Waals surface area contributed by atoms with Gasteiger partial charge in [-0.2, -0.15) is 0 Å². The highest BCUT2D eigenvalue weighted by Crippen LogP contribution is 2.05. The minimum absolute atomic E-state index is 0.0703. The van der Waals surface area contributed by atoms with Gasteiger partial charge in [0.2, 0.25) is 5.91 Å². The lowest BCUT2D eigenvalue weighted by Gasteiger charge is -2.05. The van der Waals surface area contributed by atoms with Gasteiger partial charge < -0.3 is 16.8 Å². The van der Waals surface area contributed by atoms with Gasteiger partial charge in [-0.3, -0.25) is 4.79 Å². The van der Waals surface area contributed by atoms with E-state index in [2.05, 4.69) is 5.32 Å². The van der Waals surface area contributed by atoms with Crippen molar-refractivity contribution in [1.82, 2.24) is 5.32 Å². The Morgan fingerprint density at radius 1 is 1.25 bits per heavy atom. The quantitative estimate of drug-likeness (QED) is 0.617. The Hall–Kier alpha value is -1.55. The van der Waals surface area contributed by atoms with Crippen molar-refractivity contribution in [2.24, 2.45) is 5.73 Å². The van der Waals surface area contributed by atoms with Crippen molar-refractivity contribution in [3.63, 3.8) is 0 Å². The summed E-state index contributed by atoms with van der Waals surface area (Å²) in [5, 5.41) is 2.85. The number of hydrogen-bond acceptors (Lipinski definition) is 3. The molecule has 1 amide bonds. The van der Waals surface area contributed by atoms with Crippen LogP contribution in [0, 0.1) is 0 Å². The fourth-order valence-corrected chi connectivity index (χ4v) is 1.38. The van der Waals surface area contributed by atoms with Gasteiger partial charge in [0.1, 0.15) is 0 Å². The van der Waals surface area contributed by atoms with Crippen LogP contribution >= 0.6 is 0 Å². The van der Waals surface area contributed by atoms with Gasteiger partial charge >= 0.3 is 0 Å². The van der Waals surface area contributed by atoms with E-state index in [1.807, 2.05) is 24.3 Å². The molecule has 88 valence electrons. The number of benzene rings is 1. The predicted octanol–water partition coefficient (Wildman–Crippen LogP) is 0.666. The van der Waals surface area contributed by atoms with E-state index in [9.17, 15) is 4.79 Å². The highest BCUT2D eigenvalue weighted by atomic mass is 16.1. The zero-order valence-electron chi connectivity index (χ0n) is 9.41. The van der Waals surface area contributed by atoms with E-state index in [-0.39, 0.29) is 5.91 Å². The van der Waals surface area contributed by atoms with Crippen LogP contribution in [0.2, 0.25) is 0 Å². The number of rotatable bonds is 6. The molecule has 0 spiro atoms. The summed E-state index contributed by atoms with van der Waals surface area (Å²) in [7, 11) is 0. The molecule has 0 aromatic heterocycles. The van der Waals surface area contributed by atoms with Gasteiger partial charge in [-0.15, -0.1) is 0 Å². The summed E-state index contributed by atoms with van der Waals surface area (Å²) in [6.07, 6.45) is 2.08. The van der Waals surface area contributed by atoms with Gasteiger partial charge in [0.25, 0.3) is 0 Å². The Bertz CT molecular complexity index is 322. The highest BCUT2D eigenvalue weighted by Gasteiger charge is 1.99. The zero-order valence-corrected chi connectivity index (χ0v) is 9.41. The van der Waals surface area contributed by atoms with E-state index in [0.29, 0.717) is 19.5 Å². The maximum Gasteiger partial charge on any atom is 0.220 e. The lowest BCUT2D eigenvalue weighted by atomic mass is 10.1. The number of nitrogens with two attached hydrogens (primary N) is 2. The Morgan fingerprint density at radius 3 is 2.56 bits per heavy atom. The summed E-state index contributed by atoms with van der Waals surface area (Å²) in [6.45, 7) is 1.22.